The Morgan fingerprint density at radius 3 is 2.19 bits per heavy atom. The highest BCUT2D eigenvalue weighted by Crippen LogP contribution is 2.28. The summed E-state index contributed by atoms with van der Waals surface area (Å²) in [6.45, 7) is 2.06. The van der Waals surface area contributed by atoms with Crippen molar-refractivity contribution >= 4 is 20.2 Å². The second-order valence-corrected chi connectivity index (χ2v) is 7.94. The van der Waals surface area contributed by atoms with Gasteiger partial charge in [-0.25, -0.2) is 0 Å². The van der Waals surface area contributed by atoms with Gasteiger partial charge in [-0.05, 0) is 18.5 Å². The quantitative estimate of drug-likeness (QED) is 0.576. The van der Waals surface area contributed by atoms with Crippen LogP contribution in [0.2, 0.25) is 12.1 Å². The maximum atomic E-state index is 6.03. The summed E-state index contributed by atoms with van der Waals surface area (Å²) in [5, 5.41) is 0. The van der Waals surface area contributed by atoms with Crippen molar-refractivity contribution in [2.24, 2.45) is 0 Å². The molecule has 0 aliphatic carbocycles. The van der Waals surface area contributed by atoms with Crippen molar-refractivity contribution in [1.82, 2.24) is 0 Å². The van der Waals surface area contributed by atoms with Crippen LogP contribution in [-0.2, 0) is 15.3 Å². The molecule has 0 radical (unpaired) electrons. The highest BCUT2D eigenvalue weighted by Gasteiger charge is 2.38. The number of rotatable bonds is 6. The lowest BCUT2D eigenvalue weighted by atomic mass is 10.1. The van der Waals surface area contributed by atoms with Crippen LogP contribution < -0.4 is 0 Å². The molecular formula is C12H19ClO2Si. The molecule has 0 fully saturated rings. The first-order valence-electron chi connectivity index (χ1n) is 5.36. The summed E-state index contributed by atoms with van der Waals surface area (Å²) >= 11 is 6.03. The van der Waals surface area contributed by atoms with E-state index in [2.05, 4.69) is 18.7 Å². The molecule has 1 rings (SSSR count). The Kier molecular flexibility index (Phi) is 5.48. The van der Waals surface area contributed by atoms with Gasteiger partial charge < -0.3 is 8.85 Å². The van der Waals surface area contributed by atoms with Crippen molar-refractivity contribution in [2.45, 2.75) is 18.5 Å². The van der Waals surface area contributed by atoms with E-state index in [9.17, 15) is 0 Å². The van der Waals surface area contributed by atoms with Crippen LogP contribution in [-0.4, -0.2) is 28.7 Å². The third-order valence-corrected chi connectivity index (χ3v) is 7.21. The second-order valence-electron chi connectivity index (χ2n) is 3.97. The Labute approximate surface area is 104 Å². The molecule has 1 atom stereocenters. The molecule has 0 saturated heterocycles. The third-order valence-electron chi connectivity index (χ3n) is 3.06. The molecule has 0 aliphatic heterocycles. The first-order valence-corrected chi connectivity index (χ1v) is 8.29. The van der Waals surface area contributed by atoms with E-state index < -0.39 is 8.56 Å². The molecule has 0 unspecified atom stereocenters. The van der Waals surface area contributed by atoms with Crippen LogP contribution in [0.5, 0.6) is 0 Å². The second kappa shape index (κ2) is 6.40. The molecule has 2 nitrogen and oxygen atoms in total. The Balaban J connectivity index is 2.76. The predicted octanol–water partition coefficient (Wildman–Crippen LogP) is 3.20. The average molecular weight is 259 g/mol. The summed E-state index contributed by atoms with van der Waals surface area (Å²) in [6, 6.07) is 10.3. The van der Waals surface area contributed by atoms with Gasteiger partial charge in [-0.3, -0.25) is 0 Å². The van der Waals surface area contributed by atoms with Crippen LogP contribution in [0.1, 0.15) is 5.56 Å². The van der Waals surface area contributed by atoms with Crippen LogP contribution in [0.3, 0.4) is 0 Å². The van der Waals surface area contributed by atoms with Gasteiger partial charge in [0.2, 0.25) is 0 Å². The molecule has 0 N–H and O–H groups in total. The minimum Gasteiger partial charge on any atom is -0.398 e. The lowest BCUT2D eigenvalue weighted by Crippen LogP contribution is -2.43. The Morgan fingerprint density at radius 1 is 1.19 bits per heavy atom. The first kappa shape index (κ1) is 13.7. The van der Waals surface area contributed by atoms with E-state index >= 15 is 0 Å². The van der Waals surface area contributed by atoms with Crippen LogP contribution in [0.15, 0.2) is 30.3 Å². The Morgan fingerprint density at radius 2 is 1.75 bits per heavy atom. The SMILES string of the molecule is CO[Si](C)(OC)[C@@H](CCl)Cc1ccccc1. The molecule has 1 aromatic rings. The molecule has 1 aromatic carbocycles. The van der Waals surface area contributed by atoms with Gasteiger partial charge in [0.05, 0.1) is 0 Å². The molecule has 0 amide bonds. The molecular weight excluding hydrogens is 240 g/mol. The van der Waals surface area contributed by atoms with Crippen LogP contribution in [0, 0.1) is 0 Å². The third kappa shape index (κ3) is 3.32. The maximum absolute atomic E-state index is 6.03. The lowest BCUT2D eigenvalue weighted by Gasteiger charge is -2.30. The molecule has 0 spiro atoms. The summed E-state index contributed by atoms with van der Waals surface area (Å²) < 4.78 is 11.1. The van der Waals surface area contributed by atoms with Crippen molar-refractivity contribution in [2.75, 3.05) is 20.1 Å². The van der Waals surface area contributed by atoms with E-state index in [1.54, 1.807) is 14.2 Å². The predicted molar refractivity (Wildman–Crippen MR) is 70.3 cm³/mol. The van der Waals surface area contributed by atoms with Gasteiger partial charge in [0.1, 0.15) is 0 Å². The standard InChI is InChI=1S/C12H19ClO2Si/c1-14-16(3,15-2)12(10-13)9-11-7-5-4-6-8-11/h4-8,12H,9-10H2,1-3H3/t12-/m1/s1. The zero-order valence-electron chi connectivity index (χ0n) is 10.1. The van der Waals surface area contributed by atoms with Gasteiger partial charge >= 0.3 is 8.56 Å². The van der Waals surface area contributed by atoms with Crippen molar-refractivity contribution in [1.29, 1.82) is 0 Å². The molecule has 0 saturated carbocycles. The van der Waals surface area contributed by atoms with E-state index in [-0.39, 0.29) is 5.54 Å². The van der Waals surface area contributed by atoms with Gasteiger partial charge in [-0.1, -0.05) is 30.3 Å². The Hall–Kier alpha value is -0.353. The van der Waals surface area contributed by atoms with Gasteiger partial charge in [0.25, 0.3) is 0 Å². The van der Waals surface area contributed by atoms with E-state index in [0.29, 0.717) is 5.88 Å². The number of alkyl halides is 1. The highest BCUT2D eigenvalue weighted by atomic mass is 35.5. The zero-order valence-corrected chi connectivity index (χ0v) is 11.8. The topological polar surface area (TPSA) is 18.5 Å². The lowest BCUT2D eigenvalue weighted by molar-refractivity contribution is 0.238. The van der Waals surface area contributed by atoms with E-state index in [1.165, 1.54) is 5.56 Å². The smallest absolute Gasteiger partial charge is 0.339 e. The minimum atomic E-state index is -2.14. The average Bonchev–Trinajstić information content (AvgIpc) is 2.36. The minimum absolute atomic E-state index is 0.270. The van der Waals surface area contributed by atoms with Crippen LogP contribution in [0.4, 0.5) is 0 Å². The fourth-order valence-corrected chi connectivity index (χ4v) is 4.37. The van der Waals surface area contributed by atoms with Crippen LogP contribution in [0.25, 0.3) is 0 Å². The summed E-state index contributed by atoms with van der Waals surface area (Å²) in [6.07, 6.45) is 0.911. The van der Waals surface area contributed by atoms with E-state index in [4.69, 9.17) is 20.5 Å². The summed E-state index contributed by atoms with van der Waals surface area (Å²) in [5.41, 5.74) is 1.55. The first-order chi connectivity index (χ1) is 7.66. The fourth-order valence-electron chi connectivity index (χ4n) is 1.70. The zero-order chi connectivity index (χ0) is 12.0. The number of benzene rings is 1. The monoisotopic (exact) mass is 258 g/mol. The normalized spacial score (nSPS) is 13.8. The molecule has 4 heteroatoms. The summed E-state index contributed by atoms with van der Waals surface area (Å²) in [7, 11) is 1.28. The van der Waals surface area contributed by atoms with E-state index in [1.807, 2.05) is 18.2 Å². The molecule has 0 heterocycles. The van der Waals surface area contributed by atoms with Gasteiger partial charge in [-0.15, -0.1) is 11.6 Å². The van der Waals surface area contributed by atoms with Gasteiger partial charge in [-0.2, -0.15) is 0 Å². The van der Waals surface area contributed by atoms with E-state index in [0.717, 1.165) is 6.42 Å². The number of hydrogen-bond acceptors (Lipinski definition) is 2. The molecule has 0 aliphatic rings. The fraction of sp³-hybridized carbons (Fsp3) is 0.500. The Bertz CT molecular complexity index is 301. The van der Waals surface area contributed by atoms with Gasteiger partial charge in [0.15, 0.2) is 0 Å². The molecule has 90 valence electrons. The van der Waals surface area contributed by atoms with Crippen molar-refractivity contribution in [3.8, 4) is 0 Å². The molecule has 0 bridgehead atoms. The highest BCUT2D eigenvalue weighted by molar-refractivity contribution is 6.68. The van der Waals surface area contributed by atoms with Crippen molar-refractivity contribution in [3.05, 3.63) is 35.9 Å². The van der Waals surface area contributed by atoms with Crippen molar-refractivity contribution in [3.63, 3.8) is 0 Å². The maximum Gasteiger partial charge on any atom is 0.339 e. The summed E-state index contributed by atoms with van der Waals surface area (Å²) in [4.78, 5) is 0. The van der Waals surface area contributed by atoms with Crippen molar-refractivity contribution < 1.29 is 8.85 Å². The molecule has 0 aromatic heterocycles. The van der Waals surface area contributed by atoms with Crippen LogP contribution >= 0.6 is 11.6 Å². The molecule has 16 heavy (non-hydrogen) atoms. The largest absolute Gasteiger partial charge is 0.398 e. The van der Waals surface area contributed by atoms with Gasteiger partial charge in [0, 0.05) is 25.6 Å². The number of halogens is 1. The summed E-state index contributed by atoms with van der Waals surface area (Å²) in [5.74, 6) is 0.569. The number of hydrogen-bond donors (Lipinski definition) is 0.